The van der Waals surface area contributed by atoms with Gasteiger partial charge in [0.1, 0.15) is 0 Å². The Labute approximate surface area is 303 Å². The first kappa shape index (κ1) is 36.4. The van der Waals surface area contributed by atoms with Gasteiger partial charge in [-0.3, -0.25) is 6.08 Å². The zero-order valence-electron chi connectivity index (χ0n) is 28.0. The van der Waals surface area contributed by atoms with Gasteiger partial charge in [-0.1, -0.05) is 108 Å². The summed E-state index contributed by atoms with van der Waals surface area (Å²) in [7, 11) is 0. The van der Waals surface area contributed by atoms with Crippen LogP contribution in [0.5, 0.6) is 0 Å². The number of allylic oxidation sites excluding steroid dienone is 4. The van der Waals surface area contributed by atoms with Crippen LogP contribution in [-0.4, -0.2) is 3.21 Å². The summed E-state index contributed by atoms with van der Waals surface area (Å²) in [5.41, 5.74) is 13.9. The molecular formula is C47H42Zr-4. The first-order chi connectivity index (χ1) is 22.7. The average molecular weight is 698 g/mol. The van der Waals surface area contributed by atoms with E-state index >= 15 is 0 Å². The van der Waals surface area contributed by atoms with Crippen LogP contribution >= 0.6 is 0 Å². The molecule has 8 rings (SSSR count). The quantitative estimate of drug-likeness (QED) is 0.152. The minimum Gasteiger partial charge on any atom is -0.179 e. The smallest absolute Gasteiger partial charge is 0.0253 e. The van der Waals surface area contributed by atoms with Crippen LogP contribution in [0.25, 0.3) is 11.1 Å². The first-order valence-electron chi connectivity index (χ1n) is 15.9. The monoisotopic (exact) mass is 696 g/mol. The molecule has 0 unspecified atom stereocenters. The molecular weight excluding hydrogens is 656 g/mol. The van der Waals surface area contributed by atoms with E-state index in [1.165, 1.54) is 83.1 Å². The second-order valence-corrected chi connectivity index (χ2v) is 12.7. The molecule has 48 heavy (non-hydrogen) atoms. The summed E-state index contributed by atoms with van der Waals surface area (Å²) in [5.74, 6) is 0. The summed E-state index contributed by atoms with van der Waals surface area (Å²) in [6.45, 7) is 0. The van der Waals surface area contributed by atoms with Gasteiger partial charge in [-0.25, -0.2) is 6.08 Å². The summed E-state index contributed by atoms with van der Waals surface area (Å²) in [4.78, 5) is 0. The maximum Gasteiger partial charge on any atom is -0.0253 e. The standard InChI is InChI=1S/C19H17.C13H9.C13H10.2CH3.Zr/c1-3-8-16(9-4-1)14-18-12-7-13-19(18)15-17-10-5-2-6-11-17;1-3-7-12-10(5-1)9-11-6-2-4-8-13(11)12;1-3-7-12(8-4-1)11-13-9-5-2-6-10-13;;;/h1-6,8-12H,13-15H2;1-5,7-8H,9H2;1-10H;2*1H3;/q2*-1;;2*-1;. The molecule has 0 heterocycles. The molecule has 6 aromatic rings. The Balaban J connectivity index is 0.000000163. The van der Waals surface area contributed by atoms with Gasteiger partial charge in [0.2, 0.25) is 0 Å². The maximum absolute atomic E-state index is 3.36. The van der Waals surface area contributed by atoms with Gasteiger partial charge in [-0.05, 0) is 18.4 Å². The van der Waals surface area contributed by atoms with Gasteiger partial charge in [0.25, 0.3) is 0 Å². The zero-order chi connectivity index (χ0) is 31.4. The molecule has 238 valence electrons. The van der Waals surface area contributed by atoms with Crippen molar-refractivity contribution in [3.63, 3.8) is 0 Å². The van der Waals surface area contributed by atoms with Gasteiger partial charge < -0.3 is 14.9 Å². The predicted molar refractivity (Wildman–Crippen MR) is 202 cm³/mol. The van der Waals surface area contributed by atoms with Crippen LogP contribution < -0.4 is 0 Å². The van der Waals surface area contributed by atoms with E-state index in [2.05, 4.69) is 176 Å². The Hall–Kier alpha value is -4.45. The van der Waals surface area contributed by atoms with Crippen molar-refractivity contribution >= 4 is 3.21 Å². The van der Waals surface area contributed by atoms with Gasteiger partial charge in [0.15, 0.2) is 0 Å². The van der Waals surface area contributed by atoms with Gasteiger partial charge in [-0.2, -0.15) is 41.0 Å². The SMILES string of the molecule is [C-]1=CC(Cc2ccccc2)=C(Cc2ccccc2)C1.[CH3-].[CH3-].[Zr]=[C](c1ccccc1)c1ccccc1.[c-]1cccc2c1Cc1ccccc1-2. The van der Waals surface area contributed by atoms with Crippen molar-refractivity contribution in [3.05, 3.63) is 241 Å². The zero-order valence-corrected chi connectivity index (χ0v) is 30.5. The van der Waals surface area contributed by atoms with Crippen molar-refractivity contribution in [3.8, 4) is 11.1 Å². The molecule has 0 aliphatic heterocycles. The van der Waals surface area contributed by atoms with E-state index in [0.29, 0.717) is 0 Å². The van der Waals surface area contributed by atoms with E-state index < -0.39 is 0 Å². The molecule has 0 saturated heterocycles. The molecule has 0 aromatic heterocycles. The number of rotatable bonds is 6. The molecule has 1 heteroatoms. The molecule has 2 aliphatic carbocycles. The van der Waals surface area contributed by atoms with Crippen molar-refractivity contribution in [1.82, 2.24) is 0 Å². The number of benzene rings is 6. The summed E-state index contributed by atoms with van der Waals surface area (Å²) >= 11 is 1.46. The average Bonchev–Trinajstić information content (AvgIpc) is 3.74. The van der Waals surface area contributed by atoms with Crippen LogP contribution in [0.4, 0.5) is 0 Å². The molecule has 0 saturated carbocycles. The Bertz CT molecular complexity index is 1830. The fraction of sp³-hybridized carbons (Fsp3) is 0.0851. The molecule has 0 atom stereocenters. The topological polar surface area (TPSA) is 0 Å². The number of hydrogen-bond acceptors (Lipinski definition) is 0. The van der Waals surface area contributed by atoms with E-state index in [4.69, 9.17) is 0 Å². The van der Waals surface area contributed by atoms with E-state index in [1.54, 1.807) is 0 Å². The third kappa shape index (κ3) is 9.79. The minimum absolute atomic E-state index is 0. The third-order valence-corrected chi connectivity index (χ3v) is 9.70. The van der Waals surface area contributed by atoms with Crippen molar-refractivity contribution in [1.29, 1.82) is 0 Å². The molecule has 0 fully saturated rings. The van der Waals surface area contributed by atoms with Crippen molar-refractivity contribution in [2.75, 3.05) is 0 Å². The number of fused-ring (bicyclic) bond motifs is 3. The van der Waals surface area contributed by atoms with Gasteiger partial charge in [-0.15, -0.1) is 12.0 Å². The maximum atomic E-state index is 3.36. The second-order valence-electron chi connectivity index (χ2n) is 11.5. The van der Waals surface area contributed by atoms with Crippen LogP contribution in [-0.2, 0) is 43.5 Å². The van der Waals surface area contributed by atoms with Gasteiger partial charge in [0, 0.05) is 0 Å². The first-order valence-corrected chi connectivity index (χ1v) is 17.1. The summed E-state index contributed by atoms with van der Waals surface area (Å²) in [5, 5.41) is 0. The third-order valence-electron chi connectivity index (χ3n) is 8.29. The van der Waals surface area contributed by atoms with Gasteiger partial charge in [0.05, 0.1) is 0 Å². The molecule has 6 aromatic carbocycles. The van der Waals surface area contributed by atoms with Crippen LogP contribution in [0.3, 0.4) is 0 Å². The fourth-order valence-electron chi connectivity index (χ4n) is 5.90. The largest absolute Gasteiger partial charge is 0.179 e. The molecule has 0 amide bonds. The fourth-order valence-corrected chi connectivity index (χ4v) is 6.72. The molecule has 0 nitrogen and oxygen atoms in total. The van der Waals surface area contributed by atoms with E-state index in [1.807, 2.05) is 6.07 Å². The Kier molecular flexibility index (Phi) is 14.2. The Morgan fingerprint density at radius 2 is 1.04 bits per heavy atom. The molecule has 0 bridgehead atoms. The van der Waals surface area contributed by atoms with Crippen molar-refractivity contribution in [2.24, 2.45) is 0 Å². The summed E-state index contributed by atoms with van der Waals surface area (Å²) in [6.07, 6.45) is 9.64. The molecule has 2 aliphatic rings. The Morgan fingerprint density at radius 3 is 1.65 bits per heavy atom. The van der Waals surface area contributed by atoms with Crippen molar-refractivity contribution in [2.45, 2.75) is 25.7 Å². The molecule has 0 spiro atoms. The minimum atomic E-state index is 0. The van der Waals surface area contributed by atoms with E-state index in [0.717, 1.165) is 25.7 Å². The predicted octanol–water partition coefficient (Wildman–Crippen LogP) is 11.3. The van der Waals surface area contributed by atoms with Crippen LogP contribution in [0, 0.1) is 27.0 Å². The molecule has 0 N–H and O–H groups in total. The van der Waals surface area contributed by atoms with Crippen LogP contribution in [0.15, 0.2) is 181 Å². The van der Waals surface area contributed by atoms with E-state index in [-0.39, 0.29) is 14.9 Å². The summed E-state index contributed by atoms with van der Waals surface area (Å²) < 4.78 is 1.42. The normalized spacial score (nSPS) is 11.7. The molecule has 0 radical (unpaired) electrons. The Morgan fingerprint density at radius 1 is 0.542 bits per heavy atom. The van der Waals surface area contributed by atoms with Crippen LogP contribution in [0.2, 0.25) is 0 Å². The number of hydrogen-bond donors (Lipinski definition) is 0. The van der Waals surface area contributed by atoms with Crippen LogP contribution in [0.1, 0.15) is 39.8 Å². The summed E-state index contributed by atoms with van der Waals surface area (Å²) in [6, 6.07) is 60.6. The van der Waals surface area contributed by atoms with E-state index in [9.17, 15) is 0 Å². The van der Waals surface area contributed by atoms with Gasteiger partial charge >= 0.3 is 99.2 Å². The van der Waals surface area contributed by atoms with Crippen molar-refractivity contribution < 1.29 is 24.2 Å². The second kappa shape index (κ2) is 18.8.